The molecule has 1 aromatic heterocycles. The first-order valence-corrected chi connectivity index (χ1v) is 4.34. The van der Waals surface area contributed by atoms with Crippen LogP contribution in [0.4, 0.5) is 14.5 Å². The molecule has 0 aromatic carbocycles. The Labute approximate surface area is 90.4 Å². The van der Waals surface area contributed by atoms with E-state index in [1.165, 1.54) is 0 Å². The molecule has 0 unspecified atom stereocenters. The fourth-order valence-electron chi connectivity index (χ4n) is 0.920. The lowest BCUT2D eigenvalue weighted by Crippen LogP contribution is -2.02. The summed E-state index contributed by atoms with van der Waals surface area (Å²) in [6.45, 7) is 0. The van der Waals surface area contributed by atoms with E-state index in [0.29, 0.717) is 0 Å². The van der Waals surface area contributed by atoms with Gasteiger partial charge in [0, 0.05) is 0 Å². The minimum absolute atomic E-state index is 0.0643. The van der Waals surface area contributed by atoms with Crippen LogP contribution in [-0.2, 0) is 0 Å². The molecule has 0 aliphatic rings. The molecule has 0 aliphatic carbocycles. The molecule has 1 rings (SSSR count). The van der Waals surface area contributed by atoms with Gasteiger partial charge in [0.15, 0.2) is 12.0 Å². The van der Waals surface area contributed by atoms with Crippen LogP contribution in [0.1, 0.15) is 22.6 Å². The van der Waals surface area contributed by atoms with Gasteiger partial charge < -0.3 is 0 Å². The van der Waals surface area contributed by atoms with Crippen molar-refractivity contribution in [2.75, 3.05) is 0 Å². The predicted molar refractivity (Wildman–Crippen MR) is 48.9 cm³/mol. The van der Waals surface area contributed by atoms with E-state index >= 15 is 0 Å². The predicted octanol–water partition coefficient (Wildman–Crippen LogP) is 2.50. The van der Waals surface area contributed by atoms with E-state index in [9.17, 15) is 23.7 Å². The van der Waals surface area contributed by atoms with Crippen molar-refractivity contribution in [2.45, 2.75) is 6.43 Å². The Morgan fingerprint density at radius 2 is 2.20 bits per heavy atom. The molecule has 0 fully saturated rings. The number of nitro groups is 1. The van der Waals surface area contributed by atoms with Gasteiger partial charge in [-0.2, -0.15) is 0 Å². The van der Waals surface area contributed by atoms with Crippen molar-refractivity contribution in [3.63, 3.8) is 0 Å². The van der Waals surface area contributed by atoms with Crippen LogP contribution in [0.25, 0.3) is 0 Å². The number of aldehydes is 1. The van der Waals surface area contributed by atoms with Gasteiger partial charge in [0.05, 0.1) is 9.40 Å². The van der Waals surface area contributed by atoms with Gasteiger partial charge in [-0.1, -0.05) is 0 Å². The highest BCUT2D eigenvalue weighted by atomic mass is 79.9. The lowest BCUT2D eigenvalue weighted by molar-refractivity contribution is -0.386. The highest BCUT2D eigenvalue weighted by Gasteiger charge is 2.23. The van der Waals surface area contributed by atoms with Crippen molar-refractivity contribution < 1.29 is 18.5 Å². The molecule has 0 radical (unpaired) electrons. The number of alkyl halides is 2. The SMILES string of the molecule is O=Cc1nc(C(F)F)cc(Br)c1[N+](=O)[O-]. The van der Waals surface area contributed by atoms with Crippen molar-refractivity contribution >= 4 is 27.9 Å². The summed E-state index contributed by atoms with van der Waals surface area (Å²) in [5, 5.41) is 10.5. The van der Waals surface area contributed by atoms with Gasteiger partial charge in [0.2, 0.25) is 0 Å². The molecule has 1 heterocycles. The van der Waals surface area contributed by atoms with Gasteiger partial charge in [-0.15, -0.1) is 0 Å². The lowest BCUT2D eigenvalue weighted by Gasteiger charge is -2.02. The Balaban J connectivity index is 3.44. The van der Waals surface area contributed by atoms with Gasteiger partial charge in [-0.25, -0.2) is 13.8 Å². The Kier molecular flexibility index (Phi) is 3.40. The Morgan fingerprint density at radius 3 is 2.60 bits per heavy atom. The van der Waals surface area contributed by atoms with Gasteiger partial charge in [0.1, 0.15) is 5.69 Å². The highest BCUT2D eigenvalue weighted by molar-refractivity contribution is 9.10. The summed E-state index contributed by atoms with van der Waals surface area (Å²) in [6, 6.07) is 0.815. The van der Waals surface area contributed by atoms with Gasteiger partial charge in [-0.3, -0.25) is 14.9 Å². The fourth-order valence-corrected chi connectivity index (χ4v) is 1.50. The van der Waals surface area contributed by atoms with Crippen LogP contribution in [0.15, 0.2) is 10.5 Å². The Hall–Kier alpha value is -1.44. The highest BCUT2D eigenvalue weighted by Crippen LogP contribution is 2.30. The van der Waals surface area contributed by atoms with Crippen LogP contribution in [0.3, 0.4) is 0 Å². The molecule has 8 heteroatoms. The number of carbonyl (C=O) groups excluding carboxylic acids is 1. The second kappa shape index (κ2) is 4.39. The van der Waals surface area contributed by atoms with Crippen molar-refractivity contribution in [3.8, 4) is 0 Å². The van der Waals surface area contributed by atoms with Crippen molar-refractivity contribution in [1.82, 2.24) is 4.98 Å². The zero-order valence-corrected chi connectivity index (χ0v) is 8.57. The van der Waals surface area contributed by atoms with Crippen LogP contribution >= 0.6 is 15.9 Å². The molecule has 0 aliphatic heterocycles. The van der Waals surface area contributed by atoms with Crippen LogP contribution in [0, 0.1) is 10.1 Å². The number of halogens is 3. The molecule has 1 aromatic rings. The molecule has 0 saturated carbocycles. The van der Waals surface area contributed by atoms with Crippen LogP contribution in [-0.4, -0.2) is 16.2 Å². The Bertz CT molecular complexity index is 425. The molecule has 0 bridgehead atoms. The average molecular weight is 281 g/mol. The summed E-state index contributed by atoms with van der Waals surface area (Å²) >= 11 is 2.73. The second-order valence-electron chi connectivity index (χ2n) is 2.44. The standard InChI is InChI=1S/C7H3BrF2N2O3/c8-3-1-4(7(9)10)11-5(2-13)6(3)12(14)15/h1-2,7H. The van der Waals surface area contributed by atoms with Crippen LogP contribution in [0.2, 0.25) is 0 Å². The minimum Gasteiger partial charge on any atom is -0.296 e. The third kappa shape index (κ3) is 2.32. The van der Waals surface area contributed by atoms with E-state index in [-0.39, 0.29) is 10.8 Å². The lowest BCUT2D eigenvalue weighted by atomic mass is 10.2. The van der Waals surface area contributed by atoms with Gasteiger partial charge >= 0.3 is 5.69 Å². The number of hydrogen-bond acceptors (Lipinski definition) is 4. The number of hydrogen-bond donors (Lipinski definition) is 0. The molecular weight excluding hydrogens is 278 g/mol. The molecule has 0 amide bonds. The normalized spacial score (nSPS) is 10.4. The first-order valence-electron chi connectivity index (χ1n) is 3.55. The fraction of sp³-hybridized carbons (Fsp3) is 0.143. The smallest absolute Gasteiger partial charge is 0.296 e. The maximum absolute atomic E-state index is 12.2. The molecule has 5 nitrogen and oxygen atoms in total. The third-order valence-electron chi connectivity index (χ3n) is 1.51. The van der Waals surface area contributed by atoms with E-state index in [1.54, 1.807) is 0 Å². The average Bonchev–Trinajstić information content (AvgIpc) is 2.15. The van der Waals surface area contributed by atoms with Crippen molar-refractivity contribution in [2.24, 2.45) is 0 Å². The van der Waals surface area contributed by atoms with E-state index < -0.39 is 28.4 Å². The topological polar surface area (TPSA) is 73.1 Å². The Morgan fingerprint density at radius 1 is 1.60 bits per heavy atom. The quantitative estimate of drug-likeness (QED) is 0.484. The molecule has 0 spiro atoms. The zero-order chi connectivity index (χ0) is 11.6. The first-order chi connectivity index (χ1) is 6.97. The number of carbonyl (C=O) groups is 1. The van der Waals surface area contributed by atoms with Crippen LogP contribution < -0.4 is 0 Å². The minimum atomic E-state index is -2.89. The maximum Gasteiger partial charge on any atom is 0.312 e. The number of rotatable bonds is 3. The summed E-state index contributed by atoms with van der Waals surface area (Å²) in [5.41, 5.74) is -1.92. The van der Waals surface area contributed by atoms with Crippen molar-refractivity contribution in [3.05, 3.63) is 32.0 Å². The summed E-state index contributed by atoms with van der Waals surface area (Å²) in [7, 11) is 0. The number of pyridine rings is 1. The van der Waals surface area contributed by atoms with E-state index in [0.717, 1.165) is 6.07 Å². The zero-order valence-electron chi connectivity index (χ0n) is 6.99. The maximum atomic E-state index is 12.2. The molecule has 0 atom stereocenters. The molecular formula is C7H3BrF2N2O3. The molecule has 0 saturated heterocycles. The van der Waals surface area contributed by atoms with E-state index in [1.807, 2.05) is 0 Å². The third-order valence-corrected chi connectivity index (χ3v) is 2.12. The molecule has 0 N–H and O–H groups in total. The monoisotopic (exact) mass is 280 g/mol. The van der Waals surface area contributed by atoms with E-state index in [2.05, 4.69) is 20.9 Å². The second-order valence-corrected chi connectivity index (χ2v) is 3.29. The van der Waals surface area contributed by atoms with Gasteiger partial charge in [-0.05, 0) is 22.0 Å². The largest absolute Gasteiger partial charge is 0.312 e. The summed E-state index contributed by atoms with van der Waals surface area (Å²) in [5.74, 6) is 0. The summed E-state index contributed by atoms with van der Waals surface area (Å²) < 4.78 is 24.3. The summed E-state index contributed by atoms with van der Waals surface area (Å²) in [4.78, 5) is 23.2. The van der Waals surface area contributed by atoms with Crippen LogP contribution in [0.5, 0.6) is 0 Å². The molecule has 15 heavy (non-hydrogen) atoms. The van der Waals surface area contributed by atoms with E-state index in [4.69, 9.17) is 0 Å². The number of aromatic nitrogens is 1. The first kappa shape index (κ1) is 11.6. The molecule has 80 valence electrons. The summed E-state index contributed by atoms with van der Waals surface area (Å²) in [6.07, 6.45) is -2.82. The van der Waals surface area contributed by atoms with Gasteiger partial charge in [0.25, 0.3) is 6.43 Å². The van der Waals surface area contributed by atoms with Crippen molar-refractivity contribution in [1.29, 1.82) is 0 Å². The number of nitrogens with zero attached hydrogens (tertiary/aromatic N) is 2.